The molecule has 1 fully saturated rings. The number of aliphatic hydroxyl groups is 1. The average molecular weight is 443 g/mol. The van der Waals surface area contributed by atoms with Crippen molar-refractivity contribution in [1.29, 1.82) is 0 Å². The fourth-order valence-corrected chi connectivity index (χ4v) is 3.88. The Labute approximate surface area is 185 Å². The molecular formula is C23H23ClN2O5. The average Bonchev–Trinajstić information content (AvgIpc) is 3.02. The minimum absolute atomic E-state index is 0.0442. The molecular weight excluding hydrogens is 420 g/mol. The Morgan fingerprint density at radius 3 is 2.45 bits per heavy atom. The van der Waals surface area contributed by atoms with Gasteiger partial charge in [-0.05, 0) is 50.0 Å². The minimum Gasteiger partial charge on any atom is -0.507 e. The molecule has 31 heavy (non-hydrogen) atoms. The molecule has 7 nitrogen and oxygen atoms in total. The number of fused-ring (bicyclic) bond motifs is 1. The van der Waals surface area contributed by atoms with Gasteiger partial charge in [0, 0.05) is 23.7 Å². The first-order valence-corrected chi connectivity index (χ1v) is 10.3. The van der Waals surface area contributed by atoms with Crippen molar-refractivity contribution in [2.45, 2.75) is 6.04 Å². The lowest BCUT2D eigenvalue weighted by atomic mass is 9.95. The molecule has 0 saturated carbocycles. The van der Waals surface area contributed by atoms with Gasteiger partial charge in [-0.15, -0.1) is 0 Å². The number of Topliss-reactive ketones (excluding diaryl/α,β-unsaturated/α-hetero) is 1. The molecule has 162 valence electrons. The summed E-state index contributed by atoms with van der Waals surface area (Å²) in [6.45, 7) is 1.76. The van der Waals surface area contributed by atoms with E-state index in [1.165, 1.54) is 4.90 Å². The van der Waals surface area contributed by atoms with Crippen LogP contribution in [-0.4, -0.2) is 67.0 Å². The summed E-state index contributed by atoms with van der Waals surface area (Å²) in [6, 6.07) is 11.2. The Kier molecular flexibility index (Phi) is 5.89. The van der Waals surface area contributed by atoms with Gasteiger partial charge in [0.2, 0.25) is 0 Å². The van der Waals surface area contributed by atoms with Crippen molar-refractivity contribution in [3.05, 3.63) is 64.2 Å². The zero-order chi connectivity index (χ0) is 22.1. The number of rotatable bonds is 5. The Balaban J connectivity index is 1.81. The predicted octanol–water partition coefficient (Wildman–Crippen LogP) is 3.09. The maximum Gasteiger partial charge on any atom is 0.295 e. The Morgan fingerprint density at radius 1 is 1.10 bits per heavy atom. The Bertz CT molecular complexity index is 1050. The van der Waals surface area contributed by atoms with Gasteiger partial charge in [-0.25, -0.2) is 0 Å². The summed E-state index contributed by atoms with van der Waals surface area (Å²) in [5.74, 6) is -0.543. The predicted molar refractivity (Wildman–Crippen MR) is 116 cm³/mol. The zero-order valence-corrected chi connectivity index (χ0v) is 18.1. The number of likely N-dealkylation sites (tertiary alicyclic amines) is 1. The van der Waals surface area contributed by atoms with Crippen LogP contribution in [0.3, 0.4) is 0 Å². The van der Waals surface area contributed by atoms with Crippen molar-refractivity contribution in [3.63, 3.8) is 0 Å². The minimum atomic E-state index is -0.717. The van der Waals surface area contributed by atoms with Crippen LogP contribution in [-0.2, 0) is 9.59 Å². The fourth-order valence-electron chi connectivity index (χ4n) is 3.76. The topological polar surface area (TPSA) is 79.3 Å². The normalized spacial score (nSPS) is 19.9. The maximum absolute atomic E-state index is 13.0. The van der Waals surface area contributed by atoms with E-state index in [1.807, 2.05) is 19.0 Å². The largest absolute Gasteiger partial charge is 0.507 e. The summed E-state index contributed by atoms with van der Waals surface area (Å²) in [6.07, 6.45) is 0. The van der Waals surface area contributed by atoms with Gasteiger partial charge in [0.25, 0.3) is 11.7 Å². The van der Waals surface area contributed by atoms with Crippen LogP contribution in [0.2, 0.25) is 5.02 Å². The molecule has 1 unspecified atom stereocenters. The van der Waals surface area contributed by atoms with E-state index in [1.54, 1.807) is 42.5 Å². The molecule has 1 N–H and O–H groups in total. The van der Waals surface area contributed by atoms with Crippen LogP contribution in [0.5, 0.6) is 11.5 Å². The van der Waals surface area contributed by atoms with Gasteiger partial charge in [0.05, 0.1) is 11.6 Å². The van der Waals surface area contributed by atoms with Gasteiger partial charge >= 0.3 is 0 Å². The molecule has 0 aromatic heterocycles. The highest BCUT2D eigenvalue weighted by molar-refractivity contribution is 6.46. The second-order valence-electron chi connectivity index (χ2n) is 7.71. The van der Waals surface area contributed by atoms with Crippen LogP contribution in [0.25, 0.3) is 5.76 Å². The highest BCUT2D eigenvalue weighted by Crippen LogP contribution is 2.41. The first-order chi connectivity index (χ1) is 14.9. The second kappa shape index (κ2) is 8.61. The lowest BCUT2D eigenvalue weighted by Gasteiger charge is -2.26. The highest BCUT2D eigenvalue weighted by atomic mass is 35.5. The lowest BCUT2D eigenvalue weighted by molar-refractivity contribution is -0.140. The molecule has 2 aliphatic rings. The van der Waals surface area contributed by atoms with E-state index in [2.05, 4.69) is 0 Å². The first-order valence-electron chi connectivity index (χ1n) is 9.95. The van der Waals surface area contributed by atoms with E-state index in [-0.39, 0.29) is 11.3 Å². The lowest BCUT2D eigenvalue weighted by Crippen LogP contribution is -2.35. The Morgan fingerprint density at radius 2 is 1.77 bits per heavy atom. The summed E-state index contributed by atoms with van der Waals surface area (Å²) in [5.41, 5.74) is 1.12. The molecule has 1 saturated heterocycles. The molecule has 0 aliphatic carbocycles. The summed E-state index contributed by atoms with van der Waals surface area (Å²) in [4.78, 5) is 29.3. The van der Waals surface area contributed by atoms with Gasteiger partial charge in [0.1, 0.15) is 19.0 Å². The summed E-state index contributed by atoms with van der Waals surface area (Å²) < 4.78 is 11.1. The van der Waals surface area contributed by atoms with Crippen molar-refractivity contribution in [1.82, 2.24) is 9.80 Å². The summed E-state index contributed by atoms with van der Waals surface area (Å²) in [7, 11) is 3.78. The van der Waals surface area contributed by atoms with Gasteiger partial charge in [-0.1, -0.05) is 23.7 Å². The smallest absolute Gasteiger partial charge is 0.295 e. The number of amides is 1. The number of ketones is 1. The monoisotopic (exact) mass is 442 g/mol. The van der Waals surface area contributed by atoms with Gasteiger partial charge in [0.15, 0.2) is 11.5 Å². The number of halogens is 1. The van der Waals surface area contributed by atoms with Gasteiger partial charge < -0.3 is 24.4 Å². The number of aliphatic hydroxyl groups excluding tert-OH is 1. The van der Waals surface area contributed by atoms with Crippen molar-refractivity contribution in [3.8, 4) is 11.5 Å². The fraction of sp³-hybridized carbons (Fsp3) is 0.304. The van der Waals surface area contributed by atoms with Gasteiger partial charge in [-0.2, -0.15) is 0 Å². The van der Waals surface area contributed by atoms with E-state index >= 15 is 0 Å². The molecule has 1 atom stereocenters. The van der Waals surface area contributed by atoms with E-state index in [9.17, 15) is 14.7 Å². The molecule has 2 heterocycles. The van der Waals surface area contributed by atoms with E-state index in [0.29, 0.717) is 54.0 Å². The molecule has 0 bridgehead atoms. The van der Waals surface area contributed by atoms with Crippen molar-refractivity contribution < 1.29 is 24.2 Å². The summed E-state index contributed by atoms with van der Waals surface area (Å²) >= 11 is 6.04. The molecule has 4 rings (SSSR count). The van der Waals surface area contributed by atoms with Gasteiger partial charge in [-0.3, -0.25) is 9.59 Å². The Hall–Kier alpha value is -3.03. The summed E-state index contributed by atoms with van der Waals surface area (Å²) in [5, 5.41) is 11.7. The SMILES string of the molecule is CN(C)CCN1C(=O)C(=O)/C(=C(\O)c2ccc3c(c2)OCCO3)C1c1ccc(Cl)cc1. The van der Waals surface area contributed by atoms with Crippen molar-refractivity contribution >= 4 is 29.1 Å². The number of carbonyl (C=O) groups is 2. The quantitative estimate of drug-likeness (QED) is 0.435. The van der Waals surface area contributed by atoms with E-state index < -0.39 is 17.7 Å². The molecule has 8 heteroatoms. The number of ether oxygens (including phenoxy) is 2. The maximum atomic E-state index is 13.0. The second-order valence-corrected chi connectivity index (χ2v) is 8.14. The van der Waals surface area contributed by atoms with Crippen LogP contribution in [0.15, 0.2) is 48.0 Å². The molecule has 1 amide bonds. The van der Waals surface area contributed by atoms with Crippen molar-refractivity contribution in [2.75, 3.05) is 40.4 Å². The van der Waals surface area contributed by atoms with Crippen LogP contribution in [0, 0.1) is 0 Å². The number of carbonyl (C=O) groups excluding carboxylic acids is 2. The van der Waals surface area contributed by atoms with E-state index in [0.717, 1.165) is 0 Å². The van der Waals surface area contributed by atoms with Crippen LogP contribution >= 0.6 is 11.6 Å². The van der Waals surface area contributed by atoms with Crippen molar-refractivity contribution in [2.24, 2.45) is 0 Å². The molecule has 2 aromatic rings. The third-order valence-corrected chi connectivity index (χ3v) is 5.58. The van der Waals surface area contributed by atoms with E-state index in [4.69, 9.17) is 21.1 Å². The highest BCUT2D eigenvalue weighted by Gasteiger charge is 2.45. The molecule has 0 spiro atoms. The standard InChI is InChI=1S/C23H23ClN2O5/c1-25(2)9-10-26-20(14-3-6-16(24)7-4-14)19(22(28)23(26)29)21(27)15-5-8-17-18(13-15)31-12-11-30-17/h3-8,13,20,27H,9-12H2,1-2H3/b21-19-. The number of benzene rings is 2. The van der Waals surface area contributed by atoms with Crippen LogP contribution < -0.4 is 9.47 Å². The first kappa shape index (κ1) is 21.2. The number of likely N-dealkylation sites (N-methyl/N-ethyl adjacent to an activating group) is 1. The van der Waals surface area contributed by atoms with Crippen LogP contribution in [0.1, 0.15) is 17.2 Å². The van der Waals surface area contributed by atoms with Crippen LogP contribution in [0.4, 0.5) is 0 Å². The molecule has 0 radical (unpaired) electrons. The third kappa shape index (κ3) is 4.11. The molecule has 2 aromatic carbocycles. The number of hydrogen-bond acceptors (Lipinski definition) is 6. The number of hydrogen-bond donors (Lipinski definition) is 1. The third-order valence-electron chi connectivity index (χ3n) is 5.33. The zero-order valence-electron chi connectivity index (χ0n) is 17.3. The molecule has 2 aliphatic heterocycles. The number of nitrogens with zero attached hydrogens (tertiary/aromatic N) is 2.